The van der Waals surface area contributed by atoms with Gasteiger partial charge in [0.15, 0.2) is 0 Å². The van der Waals surface area contributed by atoms with Crippen molar-refractivity contribution in [2.75, 3.05) is 59.8 Å². The number of carbonyl (C=O) groups is 3. The van der Waals surface area contributed by atoms with Crippen molar-refractivity contribution in [2.24, 2.45) is 5.92 Å². The van der Waals surface area contributed by atoms with E-state index in [4.69, 9.17) is 9.47 Å². The van der Waals surface area contributed by atoms with E-state index in [2.05, 4.69) is 5.32 Å². The van der Waals surface area contributed by atoms with Gasteiger partial charge in [-0.05, 0) is 39.6 Å². The van der Waals surface area contributed by atoms with Crippen LogP contribution in [0.15, 0.2) is 18.2 Å². The van der Waals surface area contributed by atoms with Gasteiger partial charge in [-0.2, -0.15) is 0 Å². The molecule has 0 bridgehead atoms. The van der Waals surface area contributed by atoms with Crippen LogP contribution < -0.4 is 10.1 Å². The van der Waals surface area contributed by atoms with Crippen LogP contribution in [0, 0.1) is 5.92 Å². The molecule has 9 nitrogen and oxygen atoms in total. The first-order chi connectivity index (χ1) is 16.1. The number of anilines is 1. The van der Waals surface area contributed by atoms with E-state index in [1.807, 2.05) is 44.7 Å². The van der Waals surface area contributed by atoms with Gasteiger partial charge in [-0.15, -0.1) is 0 Å². The molecule has 3 atom stereocenters. The van der Waals surface area contributed by atoms with Gasteiger partial charge in [0.1, 0.15) is 12.4 Å². The topological polar surface area (TPSA) is 91.4 Å². The molecule has 34 heavy (non-hydrogen) atoms. The second-order valence-corrected chi connectivity index (χ2v) is 9.39. The van der Waals surface area contributed by atoms with E-state index >= 15 is 0 Å². The van der Waals surface area contributed by atoms with Crippen LogP contribution in [0.4, 0.5) is 5.69 Å². The Morgan fingerprint density at radius 2 is 1.94 bits per heavy atom. The normalized spacial score (nSPS) is 21.9. The Hall–Kier alpha value is -2.65. The molecule has 1 aromatic carbocycles. The summed E-state index contributed by atoms with van der Waals surface area (Å²) in [6.07, 6.45) is 0.910. The largest absolute Gasteiger partial charge is 0.491 e. The van der Waals surface area contributed by atoms with Crippen LogP contribution in [-0.4, -0.2) is 99.1 Å². The number of likely N-dealkylation sites (N-methyl/N-ethyl adjacent to an activating group) is 2. The van der Waals surface area contributed by atoms with Crippen LogP contribution in [-0.2, 0) is 14.3 Å². The number of fused-ring (bicyclic) bond motifs is 1. The summed E-state index contributed by atoms with van der Waals surface area (Å²) in [7, 11) is 7.08. The van der Waals surface area contributed by atoms with Crippen molar-refractivity contribution in [3.63, 3.8) is 0 Å². The van der Waals surface area contributed by atoms with Gasteiger partial charge in [0.05, 0.1) is 24.3 Å². The highest BCUT2D eigenvalue weighted by molar-refractivity contribution is 5.98. The molecular weight excluding hydrogens is 436 g/mol. The van der Waals surface area contributed by atoms with Crippen molar-refractivity contribution in [2.45, 2.75) is 45.8 Å². The summed E-state index contributed by atoms with van der Waals surface area (Å²) in [5.74, 6) is 0.101. The third kappa shape index (κ3) is 7.43. The van der Waals surface area contributed by atoms with Crippen LogP contribution in [0.25, 0.3) is 0 Å². The van der Waals surface area contributed by atoms with Crippen molar-refractivity contribution in [1.82, 2.24) is 14.7 Å². The first-order valence-electron chi connectivity index (χ1n) is 11.9. The van der Waals surface area contributed by atoms with Crippen molar-refractivity contribution >= 4 is 23.4 Å². The summed E-state index contributed by atoms with van der Waals surface area (Å²) >= 11 is 0. The quantitative estimate of drug-likeness (QED) is 0.678. The Kier molecular flexibility index (Phi) is 10.3. The maximum atomic E-state index is 13.3. The number of benzene rings is 1. The number of methoxy groups -OCH3 is 1. The molecule has 3 amide bonds. The predicted octanol–water partition coefficient (Wildman–Crippen LogP) is 2.32. The minimum absolute atomic E-state index is 0.00358. The number of carbonyl (C=O) groups excluding carboxylic acids is 3. The van der Waals surface area contributed by atoms with Gasteiger partial charge in [-0.25, -0.2) is 0 Å². The molecule has 0 fully saturated rings. The Morgan fingerprint density at radius 3 is 2.56 bits per heavy atom. The summed E-state index contributed by atoms with van der Waals surface area (Å²) < 4.78 is 11.8. The lowest BCUT2D eigenvalue weighted by atomic mass is 10.0. The van der Waals surface area contributed by atoms with Gasteiger partial charge < -0.3 is 29.5 Å². The molecule has 9 heteroatoms. The molecule has 0 spiro atoms. The van der Waals surface area contributed by atoms with Crippen molar-refractivity contribution in [3.05, 3.63) is 23.8 Å². The molecule has 1 N–H and O–H groups in total. The highest BCUT2D eigenvalue weighted by Crippen LogP contribution is 2.27. The van der Waals surface area contributed by atoms with Gasteiger partial charge in [-0.1, -0.05) is 13.8 Å². The molecule has 0 unspecified atom stereocenters. The van der Waals surface area contributed by atoms with Gasteiger partial charge in [0, 0.05) is 51.3 Å². The number of hydrogen-bond donors (Lipinski definition) is 1. The fourth-order valence-corrected chi connectivity index (χ4v) is 4.01. The Balaban J connectivity index is 2.42. The average molecular weight is 477 g/mol. The molecule has 1 aliphatic rings. The third-order valence-corrected chi connectivity index (χ3v) is 5.98. The lowest BCUT2D eigenvalue weighted by molar-refractivity contribution is -0.136. The van der Waals surface area contributed by atoms with E-state index in [1.165, 1.54) is 0 Å². The van der Waals surface area contributed by atoms with Crippen molar-refractivity contribution in [1.29, 1.82) is 0 Å². The van der Waals surface area contributed by atoms with E-state index in [1.54, 1.807) is 37.3 Å². The summed E-state index contributed by atoms with van der Waals surface area (Å²) in [4.78, 5) is 43.7. The molecule has 1 aromatic rings. The van der Waals surface area contributed by atoms with Gasteiger partial charge in [-0.3, -0.25) is 14.4 Å². The molecule has 1 heterocycles. The summed E-state index contributed by atoms with van der Waals surface area (Å²) in [5.41, 5.74) is 0.966. The second-order valence-electron chi connectivity index (χ2n) is 9.39. The molecule has 0 saturated heterocycles. The lowest BCUT2D eigenvalue weighted by Gasteiger charge is -2.36. The molecule has 1 aliphatic heterocycles. The first kappa shape index (κ1) is 27.6. The first-order valence-corrected chi connectivity index (χ1v) is 11.9. The zero-order valence-corrected chi connectivity index (χ0v) is 21.6. The smallest absolute Gasteiger partial charge is 0.257 e. The molecule has 0 aromatic heterocycles. The van der Waals surface area contributed by atoms with Crippen LogP contribution in [0.3, 0.4) is 0 Å². The monoisotopic (exact) mass is 476 g/mol. The van der Waals surface area contributed by atoms with Crippen molar-refractivity contribution < 1.29 is 23.9 Å². The number of amides is 3. The fraction of sp³-hybridized carbons (Fsp3) is 0.640. The standard InChI is InChI=1S/C25H40N4O5/c1-8-9-23(30)26-19-10-11-20-21(12-19)34-16-18(3)29(24(31)15-27(4)5)13-17(2)22(33-7)14-28(6)25(20)32/h10-12,17-18,22H,8-9,13-16H2,1-7H3,(H,26,30)/t17-,18-,22-/m0/s1. The van der Waals surface area contributed by atoms with Crippen molar-refractivity contribution in [3.8, 4) is 5.75 Å². The zero-order valence-electron chi connectivity index (χ0n) is 21.6. The minimum Gasteiger partial charge on any atom is -0.491 e. The lowest BCUT2D eigenvalue weighted by Crippen LogP contribution is -2.50. The number of nitrogens with zero attached hydrogens (tertiary/aromatic N) is 3. The summed E-state index contributed by atoms with van der Waals surface area (Å²) in [6, 6.07) is 4.83. The van der Waals surface area contributed by atoms with E-state index in [9.17, 15) is 14.4 Å². The molecular formula is C25H40N4O5. The highest BCUT2D eigenvalue weighted by Gasteiger charge is 2.30. The molecule has 190 valence electrons. The number of hydrogen-bond acceptors (Lipinski definition) is 6. The maximum absolute atomic E-state index is 13.3. The minimum atomic E-state index is -0.243. The van der Waals surface area contributed by atoms with Gasteiger partial charge in [0.2, 0.25) is 11.8 Å². The zero-order chi connectivity index (χ0) is 25.4. The Bertz CT molecular complexity index is 860. The van der Waals surface area contributed by atoms with E-state index in [0.29, 0.717) is 36.5 Å². The molecule has 0 radical (unpaired) electrons. The molecule has 0 saturated carbocycles. The molecule has 2 rings (SSSR count). The van der Waals surface area contributed by atoms with Crippen LogP contribution in [0.5, 0.6) is 5.75 Å². The average Bonchev–Trinajstić information content (AvgIpc) is 2.77. The van der Waals surface area contributed by atoms with Crippen LogP contribution in [0.2, 0.25) is 0 Å². The SMILES string of the molecule is CCCC(=O)Nc1ccc2c(c1)OC[C@H](C)N(C(=O)CN(C)C)C[C@H](C)[C@@H](OC)CN(C)C2=O. The summed E-state index contributed by atoms with van der Waals surface area (Å²) in [5, 5.41) is 2.85. The van der Waals surface area contributed by atoms with Gasteiger partial charge >= 0.3 is 0 Å². The van der Waals surface area contributed by atoms with E-state index < -0.39 is 0 Å². The molecule has 0 aliphatic carbocycles. The number of nitrogens with one attached hydrogen (secondary N) is 1. The Labute approximate surface area is 203 Å². The predicted molar refractivity (Wildman–Crippen MR) is 132 cm³/mol. The van der Waals surface area contributed by atoms with E-state index in [-0.39, 0.29) is 48.9 Å². The Morgan fingerprint density at radius 1 is 1.24 bits per heavy atom. The van der Waals surface area contributed by atoms with Crippen LogP contribution >= 0.6 is 0 Å². The summed E-state index contributed by atoms with van der Waals surface area (Å²) in [6.45, 7) is 7.26. The highest BCUT2D eigenvalue weighted by atomic mass is 16.5. The maximum Gasteiger partial charge on any atom is 0.257 e. The van der Waals surface area contributed by atoms with Gasteiger partial charge in [0.25, 0.3) is 5.91 Å². The fourth-order valence-electron chi connectivity index (χ4n) is 4.01. The van der Waals surface area contributed by atoms with E-state index in [0.717, 1.165) is 6.42 Å². The number of ether oxygens (including phenoxy) is 2. The third-order valence-electron chi connectivity index (χ3n) is 5.98. The second kappa shape index (κ2) is 12.7. The van der Waals surface area contributed by atoms with Crippen LogP contribution in [0.1, 0.15) is 44.0 Å². The number of rotatable bonds is 6.